The number of aliphatic hydroxyl groups is 2. The van der Waals surface area contributed by atoms with Crippen LogP contribution in [0.3, 0.4) is 0 Å². The van der Waals surface area contributed by atoms with E-state index in [0.717, 1.165) is 4.45 Å². The van der Waals surface area contributed by atoms with Crippen molar-refractivity contribution in [3.63, 3.8) is 0 Å². The first-order chi connectivity index (χ1) is 12.9. The molecule has 0 radical (unpaired) electrons. The number of hydrogen-bond acceptors (Lipinski definition) is 10. The maximum Gasteiger partial charge on any atom is 0.452 e. The number of nitrogens with zero attached hydrogens (tertiary/aromatic N) is 6. The molecule has 144 valence electrons. The van der Waals surface area contributed by atoms with Crippen LogP contribution in [-0.4, -0.2) is 69.1 Å². The van der Waals surface area contributed by atoms with E-state index in [9.17, 15) is 19.7 Å². The van der Waals surface area contributed by atoms with Gasteiger partial charge in [-0.1, -0.05) is 0 Å². The highest BCUT2D eigenvalue weighted by Crippen LogP contribution is 2.43. The van der Waals surface area contributed by atoms with Gasteiger partial charge < -0.3 is 25.6 Å². The van der Waals surface area contributed by atoms with E-state index in [0.29, 0.717) is 11.2 Å². The largest absolute Gasteiger partial charge is 0.452 e. The highest BCUT2D eigenvalue weighted by Gasteiger charge is 2.45. The van der Waals surface area contributed by atoms with Crippen molar-refractivity contribution in [2.75, 3.05) is 12.3 Å². The zero-order valence-corrected chi connectivity index (χ0v) is 14.6. The van der Waals surface area contributed by atoms with Crippen LogP contribution in [0.15, 0.2) is 31.1 Å². The third kappa shape index (κ3) is 3.10. The number of anilines is 1. The minimum atomic E-state index is -4.24. The van der Waals surface area contributed by atoms with Gasteiger partial charge in [0, 0.05) is 12.4 Å². The van der Waals surface area contributed by atoms with Gasteiger partial charge in [-0.2, -0.15) is 9.55 Å². The molecule has 0 spiro atoms. The molecule has 0 saturated carbocycles. The monoisotopic (exact) mass is 397 g/mol. The minimum absolute atomic E-state index is 0.159. The SMILES string of the molecule is Nc1ncnc2c1ncn2[C@@H]1O[C@H](COP(=O)(O)n2cccn2)[C@@H](O)[C@H]1O. The molecule has 3 aromatic rings. The zero-order valence-electron chi connectivity index (χ0n) is 13.7. The Balaban J connectivity index is 1.52. The van der Waals surface area contributed by atoms with Crippen molar-refractivity contribution >= 4 is 24.7 Å². The van der Waals surface area contributed by atoms with Crippen LogP contribution in [0, 0.1) is 0 Å². The third-order valence-electron chi connectivity index (χ3n) is 4.15. The minimum Gasteiger partial charge on any atom is -0.387 e. The van der Waals surface area contributed by atoms with Crippen molar-refractivity contribution in [1.82, 2.24) is 29.1 Å². The van der Waals surface area contributed by atoms with Crippen LogP contribution in [0.4, 0.5) is 5.82 Å². The highest BCUT2D eigenvalue weighted by atomic mass is 31.2. The second kappa shape index (κ2) is 6.64. The fraction of sp³-hybridized carbons (Fsp3) is 0.385. The van der Waals surface area contributed by atoms with E-state index in [2.05, 4.69) is 20.1 Å². The van der Waals surface area contributed by atoms with Gasteiger partial charge in [0.2, 0.25) is 0 Å². The second-order valence-corrected chi connectivity index (χ2v) is 7.49. The average Bonchev–Trinajstić information content (AvgIpc) is 3.36. The molecule has 5 atom stereocenters. The van der Waals surface area contributed by atoms with E-state index in [1.165, 1.54) is 35.7 Å². The molecule has 0 bridgehead atoms. The second-order valence-electron chi connectivity index (χ2n) is 5.84. The molecule has 4 rings (SSSR count). The number of rotatable bonds is 5. The van der Waals surface area contributed by atoms with Crippen LogP contribution in [0.5, 0.6) is 0 Å². The summed E-state index contributed by atoms with van der Waals surface area (Å²) in [6.45, 7) is -0.452. The smallest absolute Gasteiger partial charge is 0.387 e. The summed E-state index contributed by atoms with van der Waals surface area (Å²) in [6, 6.07) is 1.46. The maximum atomic E-state index is 12.1. The number of aromatic nitrogens is 6. The summed E-state index contributed by atoms with van der Waals surface area (Å²) in [5.41, 5.74) is 6.36. The van der Waals surface area contributed by atoms with Gasteiger partial charge in [0.15, 0.2) is 17.7 Å². The Labute approximate surface area is 151 Å². The number of nitrogen functional groups attached to an aromatic ring is 1. The lowest BCUT2D eigenvalue weighted by molar-refractivity contribution is -0.0488. The van der Waals surface area contributed by atoms with Gasteiger partial charge in [-0.3, -0.25) is 9.09 Å². The molecule has 0 aliphatic carbocycles. The summed E-state index contributed by atoms with van der Waals surface area (Å²) >= 11 is 0. The van der Waals surface area contributed by atoms with Gasteiger partial charge in [0.05, 0.1) is 12.9 Å². The standard InChI is InChI=1S/C13H16N7O6P/c14-11-8-12(16-5-15-11)19(6-17-8)13-10(22)9(21)7(26-13)4-25-27(23,24)20-3-1-2-18-20/h1-3,5-7,9-10,13,21-22H,4H2,(H,23,24)(H2,14,15,16)/t7-,9-,10-,13-/m1/s1. The van der Waals surface area contributed by atoms with Crippen molar-refractivity contribution in [2.45, 2.75) is 24.5 Å². The lowest BCUT2D eigenvalue weighted by Gasteiger charge is -2.17. The highest BCUT2D eigenvalue weighted by molar-refractivity contribution is 7.50. The van der Waals surface area contributed by atoms with Crippen LogP contribution in [0.1, 0.15) is 6.23 Å². The average molecular weight is 397 g/mol. The normalized spacial score (nSPS) is 27.8. The molecule has 27 heavy (non-hydrogen) atoms. The zero-order chi connectivity index (χ0) is 19.2. The van der Waals surface area contributed by atoms with Crippen LogP contribution in [0.25, 0.3) is 11.2 Å². The van der Waals surface area contributed by atoms with Gasteiger partial charge in [-0.15, -0.1) is 0 Å². The summed E-state index contributed by atoms with van der Waals surface area (Å²) in [6.07, 6.45) is 0.338. The number of ether oxygens (including phenoxy) is 1. The molecule has 1 aliphatic rings. The summed E-state index contributed by atoms with van der Waals surface area (Å²) < 4.78 is 24.9. The summed E-state index contributed by atoms with van der Waals surface area (Å²) in [7, 11) is -4.24. The van der Waals surface area contributed by atoms with E-state index in [-0.39, 0.29) is 5.82 Å². The van der Waals surface area contributed by atoms with Crippen molar-refractivity contribution in [2.24, 2.45) is 0 Å². The fourth-order valence-corrected chi connectivity index (χ4v) is 3.69. The number of imidazole rings is 1. The first kappa shape index (κ1) is 18.0. The van der Waals surface area contributed by atoms with Crippen LogP contribution in [0.2, 0.25) is 0 Å². The Morgan fingerprint density at radius 3 is 2.85 bits per heavy atom. The van der Waals surface area contributed by atoms with E-state index < -0.39 is 38.9 Å². The predicted molar refractivity (Wildman–Crippen MR) is 89.1 cm³/mol. The molecular formula is C13H16N7O6P. The topological polar surface area (TPSA) is 184 Å². The molecule has 0 amide bonds. The molecule has 1 saturated heterocycles. The molecule has 5 N–H and O–H groups in total. The van der Waals surface area contributed by atoms with E-state index in [1.807, 2.05) is 0 Å². The molecule has 1 fully saturated rings. The van der Waals surface area contributed by atoms with Crippen molar-refractivity contribution < 1.29 is 28.9 Å². The van der Waals surface area contributed by atoms with Gasteiger partial charge >= 0.3 is 7.75 Å². The molecule has 13 nitrogen and oxygen atoms in total. The first-order valence-corrected chi connectivity index (χ1v) is 9.34. The summed E-state index contributed by atoms with van der Waals surface area (Å²) in [5, 5.41) is 24.2. The van der Waals surface area contributed by atoms with Gasteiger partial charge in [0.1, 0.15) is 30.2 Å². The first-order valence-electron chi connectivity index (χ1n) is 7.81. The Kier molecular flexibility index (Phi) is 4.42. The Morgan fingerprint density at radius 2 is 2.11 bits per heavy atom. The Morgan fingerprint density at radius 1 is 1.30 bits per heavy atom. The van der Waals surface area contributed by atoms with Crippen LogP contribution in [-0.2, 0) is 13.8 Å². The molecule has 3 aromatic heterocycles. The number of aliphatic hydroxyl groups excluding tert-OH is 2. The van der Waals surface area contributed by atoms with Crippen molar-refractivity contribution in [3.05, 3.63) is 31.1 Å². The third-order valence-corrected chi connectivity index (χ3v) is 5.39. The predicted octanol–water partition coefficient (Wildman–Crippen LogP) is -1.11. The quantitative estimate of drug-likeness (QED) is 0.383. The summed E-state index contributed by atoms with van der Waals surface area (Å²) in [4.78, 5) is 21.9. The number of nitrogens with two attached hydrogens (primary N) is 1. The molecule has 1 aliphatic heterocycles. The molecular weight excluding hydrogens is 381 g/mol. The van der Waals surface area contributed by atoms with E-state index in [4.69, 9.17) is 15.0 Å². The lowest BCUT2D eigenvalue weighted by atomic mass is 10.1. The van der Waals surface area contributed by atoms with Gasteiger partial charge in [-0.25, -0.2) is 19.5 Å². The molecule has 1 unspecified atom stereocenters. The van der Waals surface area contributed by atoms with Crippen molar-refractivity contribution in [3.8, 4) is 0 Å². The van der Waals surface area contributed by atoms with Gasteiger partial charge in [0.25, 0.3) is 0 Å². The fourth-order valence-electron chi connectivity index (χ4n) is 2.79. The lowest BCUT2D eigenvalue weighted by Crippen LogP contribution is -2.33. The summed E-state index contributed by atoms with van der Waals surface area (Å²) in [5.74, 6) is 0.159. The molecule has 14 heteroatoms. The number of hydrogen-bond donors (Lipinski definition) is 4. The van der Waals surface area contributed by atoms with Crippen molar-refractivity contribution in [1.29, 1.82) is 0 Å². The Hall–Kier alpha value is -2.41. The van der Waals surface area contributed by atoms with Gasteiger partial charge in [-0.05, 0) is 6.07 Å². The van der Waals surface area contributed by atoms with Crippen LogP contribution >= 0.6 is 7.75 Å². The van der Waals surface area contributed by atoms with E-state index >= 15 is 0 Å². The van der Waals surface area contributed by atoms with E-state index in [1.54, 1.807) is 0 Å². The Bertz CT molecular complexity index is 994. The van der Waals surface area contributed by atoms with Crippen LogP contribution < -0.4 is 5.73 Å². The molecule has 4 heterocycles. The maximum absolute atomic E-state index is 12.1. The number of fused-ring (bicyclic) bond motifs is 1. The molecule has 0 aromatic carbocycles.